The maximum atomic E-state index is 11.6. The Morgan fingerprint density at radius 1 is 1.39 bits per heavy atom. The highest BCUT2D eigenvalue weighted by atomic mass is 32.3. The lowest BCUT2D eigenvalue weighted by molar-refractivity contribution is -0.145. The van der Waals surface area contributed by atoms with Crippen LogP contribution in [0.15, 0.2) is 8.68 Å². The summed E-state index contributed by atoms with van der Waals surface area (Å²) < 4.78 is 24.6. The van der Waals surface area contributed by atoms with Crippen LogP contribution in [0, 0.1) is 0 Å². The molecule has 1 heterocycles. The molecule has 12 heteroatoms. The highest BCUT2D eigenvalue weighted by Gasteiger charge is 2.29. The van der Waals surface area contributed by atoms with Crippen molar-refractivity contribution in [1.82, 2.24) is 14.9 Å². The first-order chi connectivity index (χ1) is 8.22. The largest absolute Gasteiger partial charge is 0.481 e. The van der Waals surface area contributed by atoms with E-state index in [1.165, 1.54) is 0 Å². The number of carboxylic acids is 2. The van der Waals surface area contributed by atoms with Gasteiger partial charge in [0.15, 0.2) is 4.34 Å². The molecular formula is C6H7N3O6S3. The van der Waals surface area contributed by atoms with Crippen LogP contribution < -0.4 is 4.72 Å². The van der Waals surface area contributed by atoms with Gasteiger partial charge < -0.3 is 10.2 Å². The van der Waals surface area contributed by atoms with Crippen molar-refractivity contribution in [1.29, 1.82) is 0 Å². The van der Waals surface area contributed by atoms with Gasteiger partial charge in [-0.25, -0.2) is 8.42 Å². The molecular weight excluding hydrogens is 306 g/mol. The average Bonchev–Trinajstić information content (AvgIpc) is 2.63. The lowest BCUT2D eigenvalue weighted by Gasteiger charge is -2.10. The van der Waals surface area contributed by atoms with Crippen molar-refractivity contribution in [2.24, 2.45) is 0 Å². The molecule has 0 bridgehead atoms. The predicted molar refractivity (Wildman–Crippen MR) is 61.2 cm³/mol. The molecule has 0 amide bonds. The van der Waals surface area contributed by atoms with Crippen LogP contribution in [-0.2, 0) is 19.6 Å². The molecule has 9 nitrogen and oxygen atoms in total. The van der Waals surface area contributed by atoms with Crippen LogP contribution in [0.4, 0.5) is 0 Å². The van der Waals surface area contributed by atoms with E-state index in [1.807, 2.05) is 0 Å². The number of rotatable bonds is 6. The van der Waals surface area contributed by atoms with Gasteiger partial charge in [0.05, 0.1) is 6.42 Å². The van der Waals surface area contributed by atoms with E-state index in [-0.39, 0.29) is 4.34 Å². The van der Waals surface area contributed by atoms with E-state index >= 15 is 0 Å². The van der Waals surface area contributed by atoms with Gasteiger partial charge in [-0.15, -0.1) is 22.8 Å². The Morgan fingerprint density at radius 3 is 2.39 bits per heavy atom. The van der Waals surface area contributed by atoms with Gasteiger partial charge in [-0.05, 0) is 0 Å². The number of nitrogens with zero attached hydrogens (tertiary/aromatic N) is 2. The zero-order chi connectivity index (χ0) is 13.9. The monoisotopic (exact) mass is 313 g/mol. The zero-order valence-electron chi connectivity index (χ0n) is 8.47. The molecule has 0 radical (unpaired) electrons. The van der Waals surface area contributed by atoms with Crippen molar-refractivity contribution in [3.05, 3.63) is 0 Å². The summed E-state index contributed by atoms with van der Waals surface area (Å²) in [6.45, 7) is 0. The minimum atomic E-state index is -4.23. The van der Waals surface area contributed by atoms with Crippen molar-refractivity contribution < 1.29 is 28.2 Å². The maximum absolute atomic E-state index is 11.6. The molecule has 0 aromatic carbocycles. The first-order valence-corrected chi connectivity index (χ1v) is 6.96. The Labute approximate surface area is 110 Å². The maximum Gasteiger partial charge on any atom is 0.322 e. The third-order valence-electron chi connectivity index (χ3n) is 1.60. The van der Waals surface area contributed by atoms with Crippen LogP contribution in [0.3, 0.4) is 0 Å². The highest BCUT2D eigenvalue weighted by molar-refractivity contribution is 7.92. The lowest BCUT2D eigenvalue weighted by Crippen LogP contribution is -2.42. The molecule has 1 unspecified atom stereocenters. The number of carbonyl (C=O) groups is 2. The lowest BCUT2D eigenvalue weighted by atomic mass is 10.2. The third kappa shape index (κ3) is 3.90. The van der Waals surface area contributed by atoms with Gasteiger partial charge in [-0.3, -0.25) is 9.59 Å². The van der Waals surface area contributed by atoms with Gasteiger partial charge in [0.1, 0.15) is 6.04 Å². The molecule has 1 atom stereocenters. The van der Waals surface area contributed by atoms with Crippen LogP contribution in [0.1, 0.15) is 6.42 Å². The molecule has 0 saturated heterocycles. The Hall–Kier alpha value is -1.24. The Balaban J connectivity index is 2.93. The van der Waals surface area contributed by atoms with E-state index < -0.39 is 38.8 Å². The van der Waals surface area contributed by atoms with Crippen LogP contribution in [0.25, 0.3) is 0 Å². The minimum absolute atomic E-state index is 0.0838. The Bertz CT molecular complexity index is 567. The van der Waals surface area contributed by atoms with E-state index in [1.54, 1.807) is 4.72 Å². The second-order valence-electron chi connectivity index (χ2n) is 2.96. The summed E-state index contributed by atoms with van der Waals surface area (Å²) in [4.78, 5) is 21.1. The predicted octanol–water partition coefficient (Wildman–Crippen LogP) is -0.967. The zero-order valence-corrected chi connectivity index (χ0v) is 11.0. The molecule has 1 aromatic rings. The summed E-state index contributed by atoms with van der Waals surface area (Å²) in [6.07, 6.45) is -0.888. The number of hydrogen-bond donors (Lipinski definition) is 4. The van der Waals surface area contributed by atoms with Gasteiger partial charge >= 0.3 is 11.9 Å². The normalized spacial score (nSPS) is 13.2. The molecule has 1 rings (SSSR count). The SMILES string of the molecule is O=C(O)CC(NS(=O)(=O)c1nnc(S)s1)C(=O)O. The van der Waals surface area contributed by atoms with Gasteiger partial charge in [-0.2, -0.15) is 4.72 Å². The smallest absolute Gasteiger partial charge is 0.322 e. The van der Waals surface area contributed by atoms with Crippen molar-refractivity contribution in [3.63, 3.8) is 0 Å². The second kappa shape index (κ2) is 5.60. The van der Waals surface area contributed by atoms with E-state index in [0.29, 0.717) is 11.3 Å². The molecule has 100 valence electrons. The molecule has 0 fully saturated rings. The first kappa shape index (κ1) is 14.8. The minimum Gasteiger partial charge on any atom is -0.481 e. The molecule has 0 aliphatic rings. The fraction of sp³-hybridized carbons (Fsp3) is 0.333. The number of hydrogen-bond acceptors (Lipinski definition) is 8. The summed E-state index contributed by atoms with van der Waals surface area (Å²) in [5.41, 5.74) is 0. The second-order valence-corrected chi connectivity index (χ2v) is 6.55. The molecule has 0 aliphatic carbocycles. The van der Waals surface area contributed by atoms with Gasteiger partial charge in [0.2, 0.25) is 4.34 Å². The third-order valence-corrected chi connectivity index (χ3v) is 4.53. The highest BCUT2D eigenvalue weighted by Crippen LogP contribution is 2.18. The van der Waals surface area contributed by atoms with Crippen LogP contribution in [0.2, 0.25) is 0 Å². The van der Waals surface area contributed by atoms with Crippen LogP contribution in [0.5, 0.6) is 0 Å². The molecule has 0 saturated carbocycles. The van der Waals surface area contributed by atoms with Crippen molar-refractivity contribution in [3.8, 4) is 0 Å². The molecule has 18 heavy (non-hydrogen) atoms. The summed E-state index contributed by atoms with van der Waals surface area (Å²) in [5.74, 6) is -3.05. The average molecular weight is 313 g/mol. The van der Waals surface area contributed by atoms with Crippen molar-refractivity contribution in [2.45, 2.75) is 21.1 Å². The number of thiol groups is 1. The van der Waals surface area contributed by atoms with Crippen molar-refractivity contribution >= 4 is 45.9 Å². The number of aromatic nitrogens is 2. The Kier molecular flexibility index (Phi) is 4.61. The summed E-state index contributed by atoms with van der Waals surface area (Å²) in [6, 6.07) is -1.78. The van der Waals surface area contributed by atoms with Gasteiger partial charge in [-0.1, -0.05) is 11.3 Å². The fourth-order valence-electron chi connectivity index (χ4n) is 0.903. The van der Waals surface area contributed by atoms with E-state index in [0.717, 1.165) is 0 Å². The molecule has 1 aromatic heterocycles. The van der Waals surface area contributed by atoms with Gasteiger partial charge in [0.25, 0.3) is 10.0 Å². The molecule has 3 N–H and O–H groups in total. The number of carboxylic acid groups (broad SMARTS) is 2. The van der Waals surface area contributed by atoms with Crippen molar-refractivity contribution in [2.75, 3.05) is 0 Å². The number of sulfonamides is 1. The standard InChI is InChI=1S/C6H7N3O6S3/c10-3(11)1-2(4(12)13)9-18(14,15)6-8-7-5(16)17-6/h2,9H,1H2,(H,7,16)(H,10,11)(H,12,13). The molecule has 0 aliphatic heterocycles. The number of aliphatic carboxylic acids is 2. The van der Waals surface area contributed by atoms with E-state index in [4.69, 9.17) is 10.2 Å². The molecule has 0 spiro atoms. The Morgan fingerprint density at radius 2 is 2.00 bits per heavy atom. The summed E-state index contributed by atoms with van der Waals surface area (Å²) >= 11 is 4.38. The summed E-state index contributed by atoms with van der Waals surface area (Å²) in [5, 5.41) is 23.8. The summed E-state index contributed by atoms with van der Waals surface area (Å²) in [7, 11) is -4.23. The number of nitrogens with one attached hydrogen (secondary N) is 1. The quantitative estimate of drug-likeness (QED) is 0.491. The first-order valence-electron chi connectivity index (χ1n) is 4.22. The topological polar surface area (TPSA) is 147 Å². The fourth-order valence-corrected chi connectivity index (χ4v) is 3.34. The van der Waals surface area contributed by atoms with E-state index in [2.05, 4.69) is 22.8 Å². The van der Waals surface area contributed by atoms with Crippen LogP contribution >= 0.6 is 24.0 Å². The van der Waals surface area contributed by atoms with Gasteiger partial charge in [0, 0.05) is 0 Å². The van der Waals surface area contributed by atoms with Crippen LogP contribution in [-0.4, -0.2) is 46.8 Å². The van der Waals surface area contributed by atoms with E-state index in [9.17, 15) is 18.0 Å².